The van der Waals surface area contributed by atoms with Crippen LogP contribution in [0.5, 0.6) is 0 Å². The third kappa shape index (κ3) is 3.81. The molecule has 0 bridgehead atoms. The second-order valence-electron chi connectivity index (χ2n) is 4.41. The zero-order chi connectivity index (χ0) is 13.7. The molecule has 2 N–H and O–H groups in total. The van der Waals surface area contributed by atoms with Crippen molar-refractivity contribution in [2.45, 2.75) is 20.4 Å². The summed E-state index contributed by atoms with van der Waals surface area (Å²) in [6.07, 6.45) is 3.66. The summed E-state index contributed by atoms with van der Waals surface area (Å²) >= 11 is 0. The Bertz CT molecular complexity index is 564. The lowest BCUT2D eigenvalue weighted by Crippen LogP contribution is -2.06. The molecule has 0 fully saturated rings. The summed E-state index contributed by atoms with van der Waals surface area (Å²) in [5.74, 6) is -0.0632. The fraction of sp³-hybridized carbons (Fsp3) is 0.200. The van der Waals surface area contributed by atoms with Crippen LogP contribution in [0.1, 0.15) is 18.1 Å². The Morgan fingerprint density at radius 1 is 1.16 bits per heavy atom. The second-order valence-corrected chi connectivity index (χ2v) is 4.41. The van der Waals surface area contributed by atoms with E-state index in [1.54, 1.807) is 6.20 Å². The number of aryl methyl sites for hydroxylation is 1. The van der Waals surface area contributed by atoms with Gasteiger partial charge in [-0.15, -0.1) is 0 Å². The molecule has 0 aliphatic rings. The Labute approximate surface area is 112 Å². The number of aromatic nitrogens is 1. The molecule has 98 valence electrons. The smallest absolute Gasteiger partial charge is 0.221 e. The van der Waals surface area contributed by atoms with Gasteiger partial charge in [-0.25, -0.2) is 0 Å². The highest BCUT2D eigenvalue weighted by Gasteiger charge is 1.99. The summed E-state index contributed by atoms with van der Waals surface area (Å²) in [5.41, 5.74) is 4.21. The van der Waals surface area contributed by atoms with Crippen molar-refractivity contribution < 1.29 is 4.79 Å². The Balaban J connectivity index is 1.97. The molecule has 0 aliphatic heterocycles. The third-order valence-electron chi connectivity index (χ3n) is 2.84. The van der Waals surface area contributed by atoms with E-state index in [0.29, 0.717) is 0 Å². The van der Waals surface area contributed by atoms with E-state index in [2.05, 4.69) is 22.5 Å². The molecule has 19 heavy (non-hydrogen) atoms. The number of anilines is 2. The monoisotopic (exact) mass is 255 g/mol. The lowest BCUT2D eigenvalue weighted by atomic mass is 10.1. The molecule has 4 heteroatoms. The van der Waals surface area contributed by atoms with Crippen molar-refractivity contribution in [1.29, 1.82) is 0 Å². The summed E-state index contributed by atoms with van der Waals surface area (Å²) in [4.78, 5) is 15.0. The normalized spacial score (nSPS) is 10.0. The van der Waals surface area contributed by atoms with Gasteiger partial charge < -0.3 is 10.6 Å². The summed E-state index contributed by atoms with van der Waals surface area (Å²) in [6.45, 7) is 4.30. The molecular formula is C15H17N3O. The fourth-order valence-corrected chi connectivity index (χ4v) is 1.75. The maximum absolute atomic E-state index is 10.9. The molecule has 0 unspecified atom stereocenters. The van der Waals surface area contributed by atoms with E-state index < -0.39 is 0 Å². The van der Waals surface area contributed by atoms with E-state index in [-0.39, 0.29) is 5.91 Å². The van der Waals surface area contributed by atoms with Crippen LogP contribution in [0.4, 0.5) is 11.4 Å². The van der Waals surface area contributed by atoms with Crippen LogP contribution < -0.4 is 10.6 Å². The summed E-state index contributed by atoms with van der Waals surface area (Å²) in [7, 11) is 0. The summed E-state index contributed by atoms with van der Waals surface area (Å²) in [5, 5.41) is 6.07. The van der Waals surface area contributed by atoms with Crippen LogP contribution in [-0.4, -0.2) is 10.9 Å². The van der Waals surface area contributed by atoms with E-state index in [9.17, 15) is 4.79 Å². The van der Waals surface area contributed by atoms with Gasteiger partial charge >= 0.3 is 0 Å². The zero-order valence-electron chi connectivity index (χ0n) is 11.1. The minimum atomic E-state index is -0.0632. The molecule has 0 saturated carbocycles. The molecular weight excluding hydrogens is 238 g/mol. The largest absolute Gasteiger partial charge is 0.381 e. The van der Waals surface area contributed by atoms with Gasteiger partial charge in [0.05, 0.1) is 0 Å². The van der Waals surface area contributed by atoms with Crippen LogP contribution in [0.15, 0.2) is 42.7 Å². The van der Waals surface area contributed by atoms with E-state index in [4.69, 9.17) is 0 Å². The predicted octanol–water partition coefficient (Wildman–Crippen LogP) is 2.96. The number of nitrogens with zero attached hydrogens (tertiary/aromatic N) is 1. The van der Waals surface area contributed by atoms with Crippen molar-refractivity contribution >= 4 is 17.3 Å². The van der Waals surface area contributed by atoms with Gasteiger partial charge in [-0.05, 0) is 48.4 Å². The average Bonchev–Trinajstić information content (AvgIpc) is 2.39. The Morgan fingerprint density at radius 2 is 1.84 bits per heavy atom. The van der Waals surface area contributed by atoms with Crippen molar-refractivity contribution in [3.05, 3.63) is 53.9 Å². The lowest BCUT2D eigenvalue weighted by Gasteiger charge is -2.09. The number of rotatable bonds is 4. The molecule has 1 aromatic heterocycles. The molecule has 1 heterocycles. The quantitative estimate of drug-likeness (QED) is 0.883. The third-order valence-corrected chi connectivity index (χ3v) is 2.84. The molecule has 0 atom stereocenters. The molecule has 0 radical (unpaired) electrons. The highest BCUT2D eigenvalue weighted by atomic mass is 16.1. The molecule has 1 aromatic carbocycles. The highest BCUT2D eigenvalue weighted by molar-refractivity contribution is 5.88. The molecule has 2 rings (SSSR count). The molecule has 2 aromatic rings. The van der Waals surface area contributed by atoms with Crippen molar-refractivity contribution in [2.75, 3.05) is 10.6 Å². The van der Waals surface area contributed by atoms with Crippen molar-refractivity contribution in [1.82, 2.24) is 4.98 Å². The standard InChI is InChI=1S/C15H17N3O/c1-11-7-8-16-9-13(11)10-17-14-3-5-15(6-4-14)18-12(2)19/h3-9,17H,10H2,1-2H3,(H,18,19). The fourth-order valence-electron chi connectivity index (χ4n) is 1.75. The molecule has 0 spiro atoms. The number of carbonyl (C=O) groups excluding carboxylic acids is 1. The van der Waals surface area contributed by atoms with Gasteiger partial charge in [-0.2, -0.15) is 0 Å². The van der Waals surface area contributed by atoms with Crippen LogP contribution >= 0.6 is 0 Å². The van der Waals surface area contributed by atoms with E-state index >= 15 is 0 Å². The highest BCUT2D eigenvalue weighted by Crippen LogP contribution is 2.15. The Kier molecular flexibility index (Phi) is 4.13. The zero-order valence-corrected chi connectivity index (χ0v) is 11.1. The van der Waals surface area contributed by atoms with Crippen LogP contribution in [-0.2, 0) is 11.3 Å². The number of carbonyl (C=O) groups is 1. The van der Waals surface area contributed by atoms with Crippen LogP contribution in [0.25, 0.3) is 0 Å². The van der Waals surface area contributed by atoms with Gasteiger partial charge in [-0.1, -0.05) is 0 Å². The Morgan fingerprint density at radius 3 is 2.47 bits per heavy atom. The van der Waals surface area contributed by atoms with Gasteiger partial charge in [0.15, 0.2) is 0 Å². The molecule has 0 aliphatic carbocycles. The number of hydrogen-bond donors (Lipinski definition) is 2. The first-order valence-electron chi connectivity index (χ1n) is 6.16. The first-order valence-corrected chi connectivity index (χ1v) is 6.16. The number of pyridine rings is 1. The predicted molar refractivity (Wildman–Crippen MR) is 77.0 cm³/mol. The van der Waals surface area contributed by atoms with Crippen molar-refractivity contribution in [2.24, 2.45) is 0 Å². The number of benzene rings is 1. The second kappa shape index (κ2) is 6.00. The van der Waals surface area contributed by atoms with Gasteiger partial charge in [0.25, 0.3) is 0 Å². The minimum absolute atomic E-state index is 0.0632. The average molecular weight is 255 g/mol. The maximum Gasteiger partial charge on any atom is 0.221 e. The van der Waals surface area contributed by atoms with Gasteiger partial charge in [0.2, 0.25) is 5.91 Å². The van der Waals surface area contributed by atoms with Gasteiger partial charge in [-0.3, -0.25) is 9.78 Å². The van der Waals surface area contributed by atoms with Crippen LogP contribution in [0.3, 0.4) is 0 Å². The summed E-state index contributed by atoms with van der Waals surface area (Å²) in [6, 6.07) is 9.63. The van der Waals surface area contributed by atoms with E-state index in [1.165, 1.54) is 18.1 Å². The SMILES string of the molecule is CC(=O)Nc1ccc(NCc2cnccc2C)cc1. The van der Waals surface area contributed by atoms with Gasteiger partial charge in [0.1, 0.15) is 0 Å². The van der Waals surface area contributed by atoms with Crippen LogP contribution in [0, 0.1) is 6.92 Å². The summed E-state index contributed by atoms with van der Waals surface area (Å²) < 4.78 is 0. The topological polar surface area (TPSA) is 54.0 Å². The van der Waals surface area contributed by atoms with Gasteiger partial charge in [0, 0.05) is 37.2 Å². The first kappa shape index (κ1) is 13.1. The van der Waals surface area contributed by atoms with E-state index in [0.717, 1.165) is 17.9 Å². The molecule has 1 amide bonds. The first-order chi connectivity index (χ1) is 9.15. The molecule has 0 saturated heterocycles. The van der Waals surface area contributed by atoms with E-state index in [1.807, 2.05) is 36.5 Å². The number of hydrogen-bond acceptors (Lipinski definition) is 3. The maximum atomic E-state index is 10.9. The lowest BCUT2D eigenvalue weighted by molar-refractivity contribution is -0.114. The Hall–Kier alpha value is -2.36. The van der Waals surface area contributed by atoms with Crippen molar-refractivity contribution in [3.63, 3.8) is 0 Å². The number of nitrogens with one attached hydrogen (secondary N) is 2. The number of amides is 1. The van der Waals surface area contributed by atoms with Crippen molar-refractivity contribution in [3.8, 4) is 0 Å². The minimum Gasteiger partial charge on any atom is -0.381 e. The van der Waals surface area contributed by atoms with Crippen LogP contribution in [0.2, 0.25) is 0 Å². The molecule has 4 nitrogen and oxygen atoms in total.